The van der Waals surface area contributed by atoms with Crippen molar-refractivity contribution in [3.05, 3.63) is 58.9 Å². The van der Waals surface area contributed by atoms with Gasteiger partial charge in [0.25, 0.3) is 0 Å². The summed E-state index contributed by atoms with van der Waals surface area (Å²) in [6, 6.07) is 10.5. The molecular weight excluding hydrogens is 248 g/mol. The molecule has 1 aromatic carbocycles. The summed E-state index contributed by atoms with van der Waals surface area (Å²) in [7, 11) is 0. The van der Waals surface area contributed by atoms with Crippen LogP contribution in [0.3, 0.4) is 0 Å². The molecule has 1 unspecified atom stereocenters. The highest BCUT2D eigenvalue weighted by Crippen LogP contribution is 2.27. The third kappa shape index (κ3) is 2.83. The molecule has 1 aliphatic rings. The molecule has 20 heavy (non-hydrogen) atoms. The molecule has 3 heteroatoms. The lowest BCUT2D eigenvalue weighted by Gasteiger charge is -2.12. The number of aromatic nitrogens is 1. The number of nitrogens with zero attached hydrogens (tertiary/aromatic N) is 1. The van der Waals surface area contributed by atoms with Crippen LogP contribution in [0.5, 0.6) is 5.75 Å². The van der Waals surface area contributed by atoms with Crippen LogP contribution in [0.4, 0.5) is 0 Å². The first-order chi connectivity index (χ1) is 9.72. The monoisotopic (exact) mass is 268 g/mol. The molecule has 1 atom stereocenters. The molecule has 1 aromatic heterocycles. The highest BCUT2D eigenvalue weighted by atomic mass is 16.5. The Morgan fingerprint density at radius 3 is 3.05 bits per heavy atom. The van der Waals surface area contributed by atoms with Gasteiger partial charge in [0.15, 0.2) is 0 Å². The maximum absolute atomic E-state index is 6.24. The molecule has 2 aromatic rings. The fourth-order valence-corrected chi connectivity index (χ4v) is 2.63. The predicted octanol–water partition coefficient (Wildman–Crippen LogP) is 2.96. The quantitative estimate of drug-likeness (QED) is 0.927. The van der Waals surface area contributed by atoms with Gasteiger partial charge in [0.1, 0.15) is 5.75 Å². The molecule has 0 saturated heterocycles. The minimum absolute atomic E-state index is 0.000551. The third-order valence-electron chi connectivity index (χ3n) is 3.81. The van der Waals surface area contributed by atoms with Crippen molar-refractivity contribution in [1.82, 2.24) is 4.98 Å². The molecule has 1 aliphatic heterocycles. The predicted molar refractivity (Wildman–Crippen MR) is 79.9 cm³/mol. The second-order valence-corrected chi connectivity index (χ2v) is 5.44. The molecule has 0 aliphatic carbocycles. The van der Waals surface area contributed by atoms with Crippen LogP contribution in [0.1, 0.15) is 34.8 Å². The van der Waals surface area contributed by atoms with Crippen LogP contribution < -0.4 is 10.5 Å². The Morgan fingerprint density at radius 2 is 2.20 bits per heavy atom. The van der Waals surface area contributed by atoms with Crippen LogP contribution in [0.25, 0.3) is 0 Å². The van der Waals surface area contributed by atoms with E-state index in [0.29, 0.717) is 0 Å². The Kier molecular flexibility index (Phi) is 3.70. The number of hydrogen-bond donors (Lipinski definition) is 1. The van der Waals surface area contributed by atoms with E-state index in [1.165, 1.54) is 16.7 Å². The van der Waals surface area contributed by atoms with Gasteiger partial charge in [0, 0.05) is 18.7 Å². The van der Waals surface area contributed by atoms with Gasteiger partial charge < -0.3 is 10.5 Å². The maximum Gasteiger partial charge on any atom is 0.122 e. The Balaban J connectivity index is 1.64. The van der Waals surface area contributed by atoms with Gasteiger partial charge in [0.2, 0.25) is 0 Å². The average Bonchev–Trinajstić information content (AvgIpc) is 2.92. The molecule has 3 rings (SSSR count). The highest BCUT2D eigenvalue weighted by molar-refractivity contribution is 5.39. The Labute approximate surface area is 119 Å². The first kappa shape index (κ1) is 13.1. The summed E-state index contributed by atoms with van der Waals surface area (Å²) in [5, 5.41) is 0. The lowest BCUT2D eigenvalue weighted by molar-refractivity contribution is 0.357. The molecular formula is C17H20N2O. The fourth-order valence-electron chi connectivity index (χ4n) is 2.63. The minimum Gasteiger partial charge on any atom is -0.493 e. The second-order valence-electron chi connectivity index (χ2n) is 5.44. The topological polar surface area (TPSA) is 48.1 Å². The van der Waals surface area contributed by atoms with Crippen molar-refractivity contribution in [1.29, 1.82) is 0 Å². The van der Waals surface area contributed by atoms with E-state index < -0.39 is 0 Å². The van der Waals surface area contributed by atoms with E-state index in [2.05, 4.69) is 36.2 Å². The van der Waals surface area contributed by atoms with Crippen LogP contribution >= 0.6 is 0 Å². The smallest absolute Gasteiger partial charge is 0.122 e. The van der Waals surface area contributed by atoms with E-state index in [4.69, 9.17) is 10.5 Å². The summed E-state index contributed by atoms with van der Waals surface area (Å²) in [4.78, 5) is 4.36. The fraction of sp³-hybridized carbons (Fsp3) is 0.353. The normalized spacial score (nSPS) is 14.7. The SMILES string of the molecule is Cc1ccnc(C(N)CCc2ccc3c(c2)CCO3)c1. The van der Waals surface area contributed by atoms with E-state index in [0.717, 1.165) is 37.3 Å². The number of pyridine rings is 1. The van der Waals surface area contributed by atoms with E-state index in [9.17, 15) is 0 Å². The summed E-state index contributed by atoms with van der Waals surface area (Å²) in [6.45, 7) is 2.88. The summed E-state index contributed by atoms with van der Waals surface area (Å²) in [6.07, 6.45) is 4.74. The number of fused-ring (bicyclic) bond motifs is 1. The van der Waals surface area contributed by atoms with Crippen molar-refractivity contribution in [3.63, 3.8) is 0 Å². The Morgan fingerprint density at radius 1 is 1.30 bits per heavy atom. The summed E-state index contributed by atoms with van der Waals surface area (Å²) < 4.78 is 5.53. The third-order valence-corrected chi connectivity index (χ3v) is 3.81. The molecule has 2 heterocycles. The molecule has 3 nitrogen and oxygen atoms in total. The van der Waals surface area contributed by atoms with Crippen LogP contribution in [0, 0.1) is 6.92 Å². The van der Waals surface area contributed by atoms with Gasteiger partial charge >= 0.3 is 0 Å². The zero-order valence-electron chi connectivity index (χ0n) is 11.8. The zero-order chi connectivity index (χ0) is 13.9. The van der Waals surface area contributed by atoms with Crippen LogP contribution in [-0.4, -0.2) is 11.6 Å². The lowest BCUT2D eigenvalue weighted by Crippen LogP contribution is -2.13. The molecule has 104 valence electrons. The van der Waals surface area contributed by atoms with Gasteiger partial charge in [-0.1, -0.05) is 12.1 Å². The summed E-state index contributed by atoms with van der Waals surface area (Å²) in [5.74, 6) is 1.04. The molecule has 0 spiro atoms. The number of rotatable bonds is 4. The molecule has 0 fully saturated rings. The van der Waals surface area contributed by atoms with E-state index >= 15 is 0 Å². The standard InChI is InChI=1S/C17H20N2O/c1-12-6-8-19-16(10-12)15(18)4-2-13-3-5-17-14(11-13)7-9-20-17/h3,5-6,8,10-11,15H,2,4,7,9,18H2,1H3. The van der Waals surface area contributed by atoms with Gasteiger partial charge in [-0.2, -0.15) is 0 Å². The number of hydrogen-bond acceptors (Lipinski definition) is 3. The van der Waals surface area contributed by atoms with Crippen molar-refractivity contribution in [2.75, 3.05) is 6.61 Å². The van der Waals surface area contributed by atoms with Gasteiger partial charge in [-0.3, -0.25) is 4.98 Å². The number of ether oxygens (including phenoxy) is 1. The number of aryl methyl sites for hydroxylation is 2. The zero-order valence-corrected chi connectivity index (χ0v) is 11.8. The maximum atomic E-state index is 6.24. The lowest BCUT2D eigenvalue weighted by atomic mass is 10.0. The van der Waals surface area contributed by atoms with Crippen LogP contribution in [0.2, 0.25) is 0 Å². The molecule has 0 bridgehead atoms. The number of benzene rings is 1. The van der Waals surface area contributed by atoms with Crippen LogP contribution in [-0.2, 0) is 12.8 Å². The molecule has 0 amide bonds. The van der Waals surface area contributed by atoms with E-state index in [-0.39, 0.29) is 6.04 Å². The van der Waals surface area contributed by atoms with Crippen LogP contribution in [0.15, 0.2) is 36.5 Å². The van der Waals surface area contributed by atoms with Gasteiger partial charge in [-0.25, -0.2) is 0 Å². The summed E-state index contributed by atoms with van der Waals surface area (Å²) >= 11 is 0. The average molecular weight is 268 g/mol. The van der Waals surface area contributed by atoms with E-state index in [1.807, 2.05) is 12.3 Å². The number of nitrogens with two attached hydrogens (primary N) is 1. The van der Waals surface area contributed by atoms with Crippen molar-refractivity contribution < 1.29 is 4.74 Å². The van der Waals surface area contributed by atoms with Crippen molar-refractivity contribution in [2.45, 2.75) is 32.2 Å². The molecule has 2 N–H and O–H groups in total. The van der Waals surface area contributed by atoms with Gasteiger partial charge in [-0.05, 0) is 54.7 Å². The van der Waals surface area contributed by atoms with Crippen molar-refractivity contribution in [2.24, 2.45) is 5.73 Å². The largest absolute Gasteiger partial charge is 0.493 e. The first-order valence-electron chi connectivity index (χ1n) is 7.15. The van der Waals surface area contributed by atoms with Gasteiger partial charge in [-0.15, -0.1) is 0 Å². The minimum atomic E-state index is -0.000551. The molecule has 0 saturated carbocycles. The van der Waals surface area contributed by atoms with E-state index in [1.54, 1.807) is 0 Å². The van der Waals surface area contributed by atoms with Crippen molar-refractivity contribution >= 4 is 0 Å². The summed E-state index contributed by atoms with van der Waals surface area (Å²) in [5.41, 5.74) is 11.1. The Hall–Kier alpha value is -1.87. The van der Waals surface area contributed by atoms with Crippen molar-refractivity contribution in [3.8, 4) is 5.75 Å². The molecule has 0 radical (unpaired) electrons. The van der Waals surface area contributed by atoms with Gasteiger partial charge in [0.05, 0.1) is 12.3 Å². The highest BCUT2D eigenvalue weighted by Gasteiger charge is 2.13. The Bertz CT molecular complexity index is 610. The second kappa shape index (κ2) is 5.63. The first-order valence-corrected chi connectivity index (χ1v) is 7.15.